The molecule has 100 valence electrons. The first-order valence-electron chi connectivity index (χ1n) is 5.81. The molecule has 1 atom stereocenters. The molecular formula is C12H19N3O3. The maximum atomic E-state index is 11.1. The van der Waals surface area contributed by atoms with Gasteiger partial charge < -0.3 is 15.2 Å². The molecule has 0 saturated carbocycles. The number of aryl methyl sites for hydroxylation is 1. The van der Waals surface area contributed by atoms with Gasteiger partial charge in [0, 0.05) is 11.8 Å². The van der Waals surface area contributed by atoms with Crippen LogP contribution in [0.15, 0.2) is 6.07 Å². The maximum Gasteiger partial charge on any atom is 0.326 e. The number of nitrogens with one attached hydrogen (secondary N) is 1. The van der Waals surface area contributed by atoms with Gasteiger partial charge in [-0.15, -0.1) is 0 Å². The molecule has 0 radical (unpaired) electrons. The van der Waals surface area contributed by atoms with Crippen LogP contribution in [0.3, 0.4) is 0 Å². The number of carboxylic acids is 1. The van der Waals surface area contributed by atoms with Crippen molar-refractivity contribution in [2.45, 2.75) is 33.2 Å². The van der Waals surface area contributed by atoms with Gasteiger partial charge in [0.15, 0.2) is 0 Å². The summed E-state index contributed by atoms with van der Waals surface area (Å²) in [5.41, 5.74) is 0.720. The van der Waals surface area contributed by atoms with E-state index in [4.69, 9.17) is 9.84 Å². The van der Waals surface area contributed by atoms with Crippen LogP contribution in [-0.4, -0.2) is 34.2 Å². The van der Waals surface area contributed by atoms with Crippen LogP contribution < -0.4 is 10.1 Å². The minimum Gasteiger partial charge on any atom is -0.480 e. The van der Waals surface area contributed by atoms with Crippen LogP contribution in [0, 0.1) is 12.8 Å². The lowest BCUT2D eigenvalue weighted by Crippen LogP contribution is -2.31. The van der Waals surface area contributed by atoms with Crippen LogP contribution in [0.1, 0.15) is 26.0 Å². The molecule has 0 aliphatic rings. The quantitative estimate of drug-likeness (QED) is 0.802. The molecule has 0 amide bonds. The average molecular weight is 253 g/mol. The van der Waals surface area contributed by atoms with Crippen molar-refractivity contribution in [2.24, 2.45) is 5.92 Å². The molecule has 0 bridgehead atoms. The SMILES string of the molecule is COc1nc(C)cc(NC(CC(C)C)C(=O)O)n1. The van der Waals surface area contributed by atoms with Gasteiger partial charge in [-0.2, -0.15) is 4.98 Å². The van der Waals surface area contributed by atoms with E-state index < -0.39 is 12.0 Å². The minimum absolute atomic E-state index is 0.228. The van der Waals surface area contributed by atoms with Crippen molar-refractivity contribution in [1.82, 2.24) is 9.97 Å². The number of anilines is 1. The van der Waals surface area contributed by atoms with Gasteiger partial charge >= 0.3 is 12.0 Å². The zero-order valence-electron chi connectivity index (χ0n) is 11.1. The van der Waals surface area contributed by atoms with E-state index in [1.807, 2.05) is 13.8 Å². The molecule has 1 rings (SSSR count). The minimum atomic E-state index is -0.890. The van der Waals surface area contributed by atoms with Gasteiger partial charge in [0.2, 0.25) is 0 Å². The van der Waals surface area contributed by atoms with Crippen molar-refractivity contribution >= 4 is 11.8 Å². The van der Waals surface area contributed by atoms with Crippen LogP contribution in [0.5, 0.6) is 6.01 Å². The van der Waals surface area contributed by atoms with E-state index in [9.17, 15) is 4.79 Å². The predicted molar refractivity (Wildman–Crippen MR) is 67.8 cm³/mol. The summed E-state index contributed by atoms with van der Waals surface area (Å²) in [6, 6.07) is 1.26. The maximum absolute atomic E-state index is 11.1. The smallest absolute Gasteiger partial charge is 0.326 e. The Hall–Kier alpha value is -1.85. The van der Waals surface area contributed by atoms with Crippen molar-refractivity contribution in [3.8, 4) is 6.01 Å². The number of ether oxygens (including phenoxy) is 1. The summed E-state index contributed by atoms with van der Waals surface area (Å²) < 4.78 is 4.95. The number of aromatic nitrogens is 2. The fourth-order valence-electron chi connectivity index (χ4n) is 1.58. The monoisotopic (exact) mass is 253 g/mol. The number of rotatable bonds is 6. The molecular weight excluding hydrogens is 234 g/mol. The molecule has 1 aromatic rings. The van der Waals surface area contributed by atoms with E-state index in [1.54, 1.807) is 13.0 Å². The standard InChI is InChI=1S/C12H19N3O3/c1-7(2)5-9(11(16)17)14-10-6-8(3)13-12(15-10)18-4/h6-7,9H,5H2,1-4H3,(H,16,17)(H,13,14,15). The Morgan fingerprint density at radius 2 is 2.17 bits per heavy atom. The van der Waals surface area contributed by atoms with E-state index >= 15 is 0 Å². The molecule has 0 aliphatic carbocycles. The lowest BCUT2D eigenvalue weighted by Gasteiger charge is -2.17. The van der Waals surface area contributed by atoms with Crippen LogP contribution >= 0.6 is 0 Å². The molecule has 0 saturated heterocycles. The van der Waals surface area contributed by atoms with E-state index in [0.29, 0.717) is 12.2 Å². The van der Waals surface area contributed by atoms with Gasteiger partial charge in [-0.3, -0.25) is 0 Å². The highest BCUT2D eigenvalue weighted by atomic mass is 16.5. The molecule has 1 unspecified atom stereocenters. The summed E-state index contributed by atoms with van der Waals surface area (Å²) in [5.74, 6) is -0.144. The van der Waals surface area contributed by atoms with Crippen molar-refractivity contribution in [1.29, 1.82) is 0 Å². The van der Waals surface area contributed by atoms with Crippen molar-refractivity contribution in [3.63, 3.8) is 0 Å². The van der Waals surface area contributed by atoms with Gasteiger partial charge in [-0.25, -0.2) is 9.78 Å². The van der Waals surface area contributed by atoms with Gasteiger partial charge in [-0.1, -0.05) is 13.8 Å². The number of carbonyl (C=O) groups is 1. The second-order valence-electron chi connectivity index (χ2n) is 4.55. The van der Waals surface area contributed by atoms with Crippen LogP contribution in [0.4, 0.5) is 5.82 Å². The van der Waals surface area contributed by atoms with E-state index in [0.717, 1.165) is 5.69 Å². The molecule has 1 aromatic heterocycles. The normalized spacial score (nSPS) is 12.3. The summed E-state index contributed by atoms with van der Waals surface area (Å²) in [7, 11) is 1.47. The molecule has 2 N–H and O–H groups in total. The topological polar surface area (TPSA) is 84.3 Å². The fourth-order valence-corrected chi connectivity index (χ4v) is 1.58. The summed E-state index contributed by atoms with van der Waals surface area (Å²) >= 11 is 0. The number of hydrogen-bond acceptors (Lipinski definition) is 5. The Morgan fingerprint density at radius 3 is 2.67 bits per heavy atom. The summed E-state index contributed by atoms with van der Waals surface area (Å²) in [5, 5.41) is 12.0. The van der Waals surface area contributed by atoms with Crippen molar-refractivity contribution in [3.05, 3.63) is 11.8 Å². The molecule has 0 spiro atoms. The third-order valence-electron chi connectivity index (χ3n) is 2.34. The zero-order valence-corrected chi connectivity index (χ0v) is 11.1. The van der Waals surface area contributed by atoms with E-state index in [2.05, 4.69) is 15.3 Å². The third kappa shape index (κ3) is 4.20. The summed E-state index contributed by atoms with van der Waals surface area (Å²) in [6.07, 6.45) is 0.528. The lowest BCUT2D eigenvalue weighted by atomic mass is 10.0. The number of hydrogen-bond donors (Lipinski definition) is 2. The van der Waals surface area contributed by atoms with E-state index in [-0.39, 0.29) is 11.9 Å². The van der Waals surface area contributed by atoms with Crippen molar-refractivity contribution < 1.29 is 14.6 Å². The Bertz CT molecular complexity index is 421. The Kier molecular flexibility index (Phi) is 4.88. The number of aliphatic carboxylic acids is 1. The lowest BCUT2D eigenvalue weighted by molar-refractivity contribution is -0.138. The summed E-state index contributed by atoms with van der Waals surface area (Å²) in [6.45, 7) is 5.75. The second kappa shape index (κ2) is 6.18. The number of methoxy groups -OCH3 is 1. The molecule has 1 heterocycles. The zero-order chi connectivity index (χ0) is 13.7. The van der Waals surface area contributed by atoms with Crippen LogP contribution in [-0.2, 0) is 4.79 Å². The molecule has 6 heteroatoms. The first-order valence-corrected chi connectivity index (χ1v) is 5.81. The van der Waals surface area contributed by atoms with Gasteiger partial charge in [0.25, 0.3) is 0 Å². The molecule has 0 aromatic carbocycles. The van der Waals surface area contributed by atoms with Gasteiger partial charge in [0.05, 0.1) is 7.11 Å². The number of nitrogens with zero attached hydrogens (tertiary/aromatic N) is 2. The Balaban J connectivity index is 2.86. The molecule has 0 fully saturated rings. The highest BCUT2D eigenvalue weighted by molar-refractivity contribution is 5.76. The Morgan fingerprint density at radius 1 is 1.50 bits per heavy atom. The van der Waals surface area contributed by atoms with Gasteiger partial charge in [-0.05, 0) is 19.3 Å². The number of carboxylic acid groups (broad SMARTS) is 1. The van der Waals surface area contributed by atoms with Crippen molar-refractivity contribution in [2.75, 3.05) is 12.4 Å². The second-order valence-corrected chi connectivity index (χ2v) is 4.55. The molecule has 6 nitrogen and oxygen atoms in total. The molecule has 0 aliphatic heterocycles. The first-order chi connectivity index (χ1) is 8.42. The van der Waals surface area contributed by atoms with E-state index in [1.165, 1.54) is 7.11 Å². The predicted octanol–water partition coefficient (Wildman–Crippen LogP) is 1.70. The summed E-state index contributed by atoms with van der Waals surface area (Å²) in [4.78, 5) is 19.3. The Labute approximate surface area is 106 Å². The van der Waals surface area contributed by atoms with Crippen LogP contribution in [0.25, 0.3) is 0 Å². The fraction of sp³-hybridized carbons (Fsp3) is 0.583. The largest absolute Gasteiger partial charge is 0.480 e. The average Bonchev–Trinajstić information content (AvgIpc) is 2.26. The highest BCUT2D eigenvalue weighted by Gasteiger charge is 2.19. The van der Waals surface area contributed by atoms with Gasteiger partial charge in [0.1, 0.15) is 11.9 Å². The first kappa shape index (κ1) is 14.2. The molecule has 18 heavy (non-hydrogen) atoms. The third-order valence-corrected chi connectivity index (χ3v) is 2.34. The van der Waals surface area contributed by atoms with Crippen LogP contribution in [0.2, 0.25) is 0 Å². The highest BCUT2D eigenvalue weighted by Crippen LogP contribution is 2.15.